The van der Waals surface area contributed by atoms with Crippen molar-refractivity contribution in [1.82, 2.24) is 9.99 Å². The summed E-state index contributed by atoms with van der Waals surface area (Å²) in [5, 5.41) is 2.67. The van der Waals surface area contributed by atoms with Gasteiger partial charge in [-0.3, -0.25) is 25.0 Å². The van der Waals surface area contributed by atoms with Crippen LogP contribution in [0, 0.1) is 0 Å². The molecule has 2 aromatic rings. The van der Waals surface area contributed by atoms with Gasteiger partial charge < -0.3 is 0 Å². The van der Waals surface area contributed by atoms with E-state index in [1.54, 1.807) is 42.6 Å². The fourth-order valence-electron chi connectivity index (χ4n) is 1.67. The van der Waals surface area contributed by atoms with Crippen LogP contribution in [0.2, 0.25) is 0 Å². The lowest BCUT2D eigenvalue weighted by Crippen LogP contribution is -2.38. The second-order valence-electron chi connectivity index (χ2n) is 4.08. The van der Waals surface area contributed by atoms with Crippen LogP contribution in [0.1, 0.15) is 27.8 Å². The highest BCUT2D eigenvalue weighted by Gasteiger charge is 2.09. The summed E-state index contributed by atoms with van der Waals surface area (Å²) in [4.78, 5) is 23.2. The molecule has 1 aromatic heterocycles. The summed E-state index contributed by atoms with van der Waals surface area (Å²) < 4.78 is 1.47. The van der Waals surface area contributed by atoms with Crippen LogP contribution in [0.3, 0.4) is 0 Å². The number of nitrogens with one attached hydrogen (secondary N) is 2. The van der Waals surface area contributed by atoms with Crippen molar-refractivity contribution >= 4 is 29.0 Å². The monoisotopic (exact) mass is 287 g/mol. The normalized spacial score (nSPS) is 9.85. The van der Waals surface area contributed by atoms with Crippen LogP contribution >= 0.6 is 12.2 Å². The van der Waals surface area contributed by atoms with Crippen LogP contribution < -0.4 is 10.7 Å². The number of nitrogens with zero attached hydrogens (tertiary/aromatic N) is 1. The van der Waals surface area contributed by atoms with Gasteiger partial charge in [-0.25, -0.2) is 0 Å². The molecule has 0 aliphatic carbocycles. The highest BCUT2D eigenvalue weighted by Crippen LogP contribution is 2.01. The Hall–Kier alpha value is -2.47. The minimum Gasteiger partial charge on any atom is -0.298 e. The molecule has 0 spiro atoms. The van der Waals surface area contributed by atoms with E-state index < -0.39 is 0 Å². The first-order chi connectivity index (χ1) is 9.58. The molecule has 0 aliphatic rings. The zero-order chi connectivity index (χ0) is 14.5. The number of hydrogen-bond acceptors (Lipinski definition) is 3. The fourth-order valence-corrected chi connectivity index (χ4v) is 1.86. The van der Waals surface area contributed by atoms with Gasteiger partial charge >= 0.3 is 0 Å². The van der Waals surface area contributed by atoms with Gasteiger partial charge in [0.1, 0.15) is 5.69 Å². The van der Waals surface area contributed by atoms with Gasteiger partial charge in [-0.15, -0.1) is 0 Å². The van der Waals surface area contributed by atoms with E-state index in [0.29, 0.717) is 11.3 Å². The van der Waals surface area contributed by atoms with Crippen LogP contribution in [-0.2, 0) is 0 Å². The van der Waals surface area contributed by atoms with Crippen LogP contribution in [0.25, 0.3) is 0 Å². The Balaban J connectivity index is 2.01. The average Bonchev–Trinajstić information content (AvgIpc) is 2.87. The van der Waals surface area contributed by atoms with Crippen molar-refractivity contribution in [3.8, 4) is 0 Å². The lowest BCUT2D eigenvalue weighted by Gasteiger charge is -2.12. The van der Waals surface area contributed by atoms with Gasteiger partial charge in [0, 0.05) is 18.7 Å². The SMILES string of the molecule is CC(=O)c1cccn1NC(=S)NC(=O)c1ccccc1. The summed E-state index contributed by atoms with van der Waals surface area (Å²) in [5.74, 6) is -0.403. The Morgan fingerprint density at radius 2 is 1.80 bits per heavy atom. The minimum absolute atomic E-state index is 0.0975. The first-order valence-electron chi connectivity index (χ1n) is 5.93. The quantitative estimate of drug-likeness (QED) is 0.669. The summed E-state index contributed by atoms with van der Waals surface area (Å²) in [6.45, 7) is 1.46. The molecule has 2 rings (SSSR count). The molecule has 0 aliphatic heterocycles. The van der Waals surface area contributed by atoms with Gasteiger partial charge in [0.15, 0.2) is 10.9 Å². The first kappa shape index (κ1) is 14.0. The molecule has 0 fully saturated rings. The molecule has 20 heavy (non-hydrogen) atoms. The number of ketones is 1. The van der Waals surface area contributed by atoms with Crippen molar-refractivity contribution < 1.29 is 9.59 Å². The highest BCUT2D eigenvalue weighted by molar-refractivity contribution is 7.80. The van der Waals surface area contributed by atoms with Crippen LogP contribution in [0.5, 0.6) is 0 Å². The van der Waals surface area contributed by atoms with Gasteiger partial charge in [0.25, 0.3) is 5.91 Å². The van der Waals surface area contributed by atoms with Crippen LogP contribution in [0.4, 0.5) is 0 Å². The number of carbonyl (C=O) groups is 2. The van der Waals surface area contributed by atoms with Crippen molar-refractivity contribution in [2.45, 2.75) is 6.92 Å². The molecule has 0 unspecified atom stereocenters. The molecular formula is C14H13N3O2S. The fraction of sp³-hybridized carbons (Fsp3) is 0.0714. The lowest BCUT2D eigenvalue weighted by atomic mass is 10.2. The number of hydrogen-bond donors (Lipinski definition) is 2. The van der Waals surface area contributed by atoms with E-state index in [9.17, 15) is 9.59 Å². The van der Waals surface area contributed by atoms with Gasteiger partial charge in [-0.2, -0.15) is 0 Å². The summed E-state index contributed by atoms with van der Waals surface area (Å²) in [6, 6.07) is 12.1. The van der Waals surface area contributed by atoms with Gasteiger partial charge in [-0.1, -0.05) is 18.2 Å². The number of thiocarbonyl (C=S) groups is 1. The molecule has 5 nitrogen and oxygen atoms in total. The zero-order valence-electron chi connectivity index (χ0n) is 10.8. The molecule has 1 amide bonds. The Labute approximate surface area is 121 Å². The summed E-state index contributed by atoms with van der Waals surface area (Å²) in [6.07, 6.45) is 1.65. The molecular weight excluding hydrogens is 274 g/mol. The summed E-state index contributed by atoms with van der Waals surface area (Å²) >= 11 is 5.05. The van der Waals surface area contributed by atoms with Gasteiger partial charge in [0.05, 0.1) is 0 Å². The van der Waals surface area contributed by atoms with E-state index >= 15 is 0 Å². The van der Waals surface area contributed by atoms with Crippen molar-refractivity contribution in [2.75, 3.05) is 5.43 Å². The third-order valence-corrected chi connectivity index (χ3v) is 2.79. The predicted molar refractivity (Wildman–Crippen MR) is 80.3 cm³/mol. The molecule has 0 saturated heterocycles. The molecule has 0 radical (unpaired) electrons. The van der Waals surface area contributed by atoms with E-state index in [1.807, 2.05) is 6.07 Å². The third kappa shape index (κ3) is 3.30. The standard InChI is InChI=1S/C14H13N3O2S/c1-10(18)12-8-5-9-17(12)16-14(20)15-13(19)11-6-3-2-4-7-11/h2-9H,1H3,(H2,15,16,19,20). The largest absolute Gasteiger partial charge is 0.298 e. The molecule has 1 heterocycles. The Morgan fingerprint density at radius 3 is 2.45 bits per heavy atom. The Morgan fingerprint density at radius 1 is 1.10 bits per heavy atom. The van der Waals surface area contributed by atoms with E-state index in [4.69, 9.17) is 12.2 Å². The zero-order valence-corrected chi connectivity index (χ0v) is 11.6. The van der Waals surface area contributed by atoms with Crippen LogP contribution in [-0.4, -0.2) is 21.5 Å². The van der Waals surface area contributed by atoms with Gasteiger partial charge in [-0.05, 0) is 36.5 Å². The highest BCUT2D eigenvalue weighted by atomic mass is 32.1. The summed E-state index contributed by atoms with van der Waals surface area (Å²) in [7, 11) is 0. The Bertz CT molecular complexity index is 649. The number of benzene rings is 1. The number of Topliss-reactive ketones (excluding diaryl/α,β-unsaturated/α-hetero) is 1. The Kier molecular flexibility index (Phi) is 4.27. The maximum absolute atomic E-state index is 11.9. The first-order valence-corrected chi connectivity index (χ1v) is 6.34. The van der Waals surface area contributed by atoms with Gasteiger partial charge in [0.2, 0.25) is 0 Å². The van der Waals surface area contributed by atoms with E-state index in [1.165, 1.54) is 11.6 Å². The minimum atomic E-state index is -0.306. The average molecular weight is 287 g/mol. The van der Waals surface area contributed by atoms with Crippen molar-refractivity contribution in [3.63, 3.8) is 0 Å². The smallest absolute Gasteiger partial charge is 0.257 e. The van der Waals surface area contributed by atoms with Crippen molar-refractivity contribution in [3.05, 3.63) is 59.9 Å². The van der Waals surface area contributed by atoms with Crippen molar-refractivity contribution in [2.24, 2.45) is 0 Å². The molecule has 0 atom stereocenters. The molecule has 0 bridgehead atoms. The molecule has 1 aromatic carbocycles. The van der Waals surface area contributed by atoms with E-state index in [2.05, 4.69) is 10.7 Å². The van der Waals surface area contributed by atoms with E-state index in [-0.39, 0.29) is 16.8 Å². The second-order valence-corrected chi connectivity index (χ2v) is 4.49. The molecule has 6 heteroatoms. The maximum atomic E-state index is 11.9. The maximum Gasteiger partial charge on any atom is 0.257 e. The number of carbonyl (C=O) groups excluding carboxylic acids is 2. The molecule has 2 N–H and O–H groups in total. The van der Waals surface area contributed by atoms with E-state index in [0.717, 1.165) is 0 Å². The number of aromatic nitrogens is 1. The van der Waals surface area contributed by atoms with Crippen LogP contribution in [0.15, 0.2) is 48.7 Å². The number of rotatable bonds is 3. The topological polar surface area (TPSA) is 63.1 Å². The third-order valence-electron chi connectivity index (χ3n) is 2.59. The molecule has 0 saturated carbocycles. The number of amides is 1. The summed E-state index contributed by atoms with van der Waals surface area (Å²) in [5.41, 5.74) is 3.74. The van der Waals surface area contributed by atoms with Crippen molar-refractivity contribution in [1.29, 1.82) is 0 Å². The molecule has 102 valence electrons. The predicted octanol–water partition coefficient (Wildman–Crippen LogP) is 1.95. The lowest BCUT2D eigenvalue weighted by molar-refractivity contribution is 0.0976. The second kappa shape index (κ2) is 6.12.